The van der Waals surface area contributed by atoms with Gasteiger partial charge in [-0.25, -0.2) is 9.37 Å². The van der Waals surface area contributed by atoms with E-state index in [2.05, 4.69) is 10.3 Å². The monoisotopic (exact) mass is 299 g/mol. The summed E-state index contributed by atoms with van der Waals surface area (Å²) >= 11 is 0. The van der Waals surface area contributed by atoms with Crippen LogP contribution in [0.1, 0.15) is 16.8 Å². The molecule has 0 bridgehead atoms. The lowest BCUT2D eigenvalue weighted by Crippen LogP contribution is -2.15. The number of benzene rings is 1. The fourth-order valence-electron chi connectivity index (χ4n) is 2.41. The van der Waals surface area contributed by atoms with Crippen LogP contribution < -0.4 is 10.1 Å². The van der Waals surface area contributed by atoms with Crippen molar-refractivity contribution in [1.82, 2.24) is 4.98 Å². The number of anilines is 1. The molecule has 22 heavy (non-hydrogen) atoms. The number of hydrogen-bond acceptors (Lipinski definition) is 5. The molecule has 1 aliphatic heterocycles. The molecule has 1 aromatic heterocycles. The summed E-state index contributed by atoms with van der Waals surface area (Å²) in [6, 6.07) is 8.48. The molecule has 2 aromatic rings. The average Bonchev–Trinajstić information content (AvgIpc) is 2.55. The van der Waals surface area contributed by atoms with Crippen molar-refractivity contribution in [1.29, 1.82) is 5.26 Å². The van der Waals surface area contributed by atoms with E-state index in [-0.39, 0.29) is 12.6 Å². The van der Waals surface area contributed by atoms with Crippen molar-refractivity contribution in [2.24, 2.45) is 0 Å². The molecular formula is C16H14FN3O2. The zero-order valence-electron chi connectivity index (χ0n) is 11.8. The first-order valence-corrected chi connectivity index (χ1v) is 6.89. The summed E-state index contributed by atoms with van der Waals surface area (Å²) in [6.45, 7) is 1.08. The minimum absolute atomic E-state index is 0.181. The number of ether oxygens (including phenoxy) is 2. The quantitative estimate of drug-likeness (QED) is 0.940. The molecule has 1 aliphatic rings. The van der Waals surface area contributed by atoms with E-state index < -0.39 is 0 Å². The summed E-state index contributed by atoms with van der Waals surface area (Å²) in [4.78, 5) is 3.98. The molecule has 0 unspecified atom stereocenters. The minimum Gasteiger partial charge on any atom is -0.467 e. The van der Waals surface area contributed by atoms with Gasteiger partial charge < -0.3 is 14.8 Å². The topological polar surface area (TPSA) is 67.2 Å². The van der Waals surface area contributed by atoms with Crippen LogP contribution in [0.5, 0.6) is 5.75 Å². The highest BCUT2D eigenvalue weighted by molar-refractivity contribution is 5.53. The highest BCUT2D eigenvalue weighted by Gasteiger charge is 2.16. The molecule has 2 heterocycles. The SMILES string of the molecule is N#Cc1ncccc1NCCc1cc(F)cc2c1OCOC2. The van der Waals surface area contributed by atoms with Crippen LogP contribution in [0.15, 0.2) is 30.5 Å². The van der Waals surface area contributed by atoms with Crippen LogP contribution in [0.25, 0.3) is 0 Å². The molecule has 6 heteroatoms. The fraction of sp³-hybridized carbons (Fsp3) is 0.250. The van der Waals surface area contributed by atoms with E-state index in [1.807, 2.05) is 6.07 Å². The van der Waals surface area contributed by atoms with Gasteiger partial charge >= 0.3 is 0 Å². The highest BCUT2D eigenvalue weighted by atomic mass is 19.1. The number of nitrogens with zero attached hydrogens (tertiary/aromatic N) is 2. The number of hydrogen-bond donors (Lipinski definition) is 1. The lowest BCUT2D eigenvalue weighted by Gasteiger charge is -2.21. The summed E-state index contributed by atoms with van der Waals surface area (Å²) in [6.07, 6.45) is 2.14. The van der Waals surface area contributed by atoms with Crippen LogP contribution in [-0.2, 0) is 17.8 Å². The molecule has 0 saturated carbocycles. The lowest BCUT2D eigenvalue weighted by molar-refractivity contribution is -0.0172. The Labute approximate surface area is 127 Å². The van der Waals surface area contributed by atoms with Gasteiger partial charge in [0.05, 0.1) is 12.3 Å². The van der Waals surface area contributed by atoms with Crippen molar-refractivity contribution in [3.05, 3.63) is 53.1 Å². The number of halogens is 1. The Hall–Kier alpha value is -2.65. The Morgan fingerprint density at radius 1 is 1.41 bits per heavy atom. The maximum atomic E-state index is 13.6. The fourth-order valence-corrected chi connectivity index (χ4v) is 2.41. The second-order valence-electron chi connectivity index (χ2n) is 4.85. The second-order valence-corrected chi connectivity index (χ2v) is 4.85. The largest absolute Gasteiger partial charge is 0.467 e. The van der Waals surface area contributed by atoms with Gasteiger partial charge in [-0.05, 0) is 36.2 Å². The molecule has 0 radical (unpaired) electrons. The van der Waals surface area contributed by atoms with E-state index in [9.17, 15) is 4.39 Å². The van der Waals surface area contributed by atoms with E-state index >= 15 is 0 Å². The number of fused-ring (bicyclic) bond motifs is 1. The van der Waals surface area contributed by atoms with Gasteiger partial charge in [0.1, 0.15) is 17.6 Å². The van der Waals surface area contributed by atoms with Crippen LogP contribution in [0, 0.1) is 17.1 Å². The van der Waals surface area contributed by atoms with Gasteiger partial charge in [-0.1, -0.05) is 0 Å². The minimum atomic E-state index is -0.304. The van der Waals surface area contributed by atoms with Crippen LogP contribution in [-0.4, -0.2) is 18.3 Å². The third-order valence-electron chi connectivity index (χ3n) is 3.38. The van der Waals surface area contributed by atoms with Gasteiger partial charge in [0, 0.05) is 18.3 Å². The molecule has 0 saturated heterocycles. The number of rotatable bonds is 4. The molecule has 1 aromatic carbocycles. The summed E-state index contributed by atoms with van der Waals surface area (Å²) in [5.74, 6) is 0.392. The van der Waals surface area contributed by atoms with Crippen LogP contribution in [0.3, 0.4) is 0 Å². The Bertz CT molecular complexity index is 728. The lowest BCUT2D eigenvalue weighted by atomic mass is 10.1. The maximum Gasteiger partial charge on any atom is 0.189 e. The van der Waals surface area contributed by atoms with E-state index in [4.69, 9.17) is 14.7 Å². The van der Waals surface area contributed by atoms with Crippen LogP contribution in [0.2, 0.25) is 0 Å². The normalized spacial score (nSPS) is 12.9. The van der Waals surface area contributed by atoms with Gasteiger partial charge in [-0.2, -0.15) is 5.26 Å². The molecule has 5 nitrogen and oxygen atoms in total. The van der Waals surface area contributed by atoms with Gasteiger partial charge in [-0.3, -0.25) is 0 Å². The molecular weight excluding hydrogens is 285 g/mol. The molecule has 1 N–H and O–H groups in total. The Morgan fingerprint density at radius 2 is 2.32 bits per heavy atom. The van der Waals surface area contributed by atoms with Crippen molar-refractivity contribution in [2.75, 3.05) is 18.7 Å². The van der Waals surface area contributed by atoms with Crippen molar-refractivity contribution < 1.29 is 13.9 Å². The summed E-state index contributed by atoms with van der Waals surface area (Å²) in [5, 5.41) is 12.1. The Balaban J connectivity index is 1.72. The first-order chi connectivity index (χ1) is 10.8. The number of nitrogens with one attached hydrogen (secondary N) is 1. The first-order valence-electron chi connectivity index (χ1n) is 6.89. The van der Waals surface area contributed by atoms with E-state index in [1.54, 1.807) is 18.3 Å². The van der Waals surface area contributed by atoms with E-state index in [0.29, 0.717) is 36.7 Å². The Kier molecular flexibility index (Phi) is 4.17. The number of pyridine rings is 1. The summed E-state index contributed by atoms with van der Waals surface area (Å²) < 4.78 is 24.3. The standard InChI is InChI=1S/C16H14FN3O2/c17-13-6-11(16-12(7-13)9-21-10-22-16)3-5-20-14-2-1-4-19-15(14)8-18/h1-2,4,6-7,20H,3,5,9-10H2. The van der Waals surface area contributed by atoms with Crippen LogP contribution >= 0.6 is 0 Å². The highest BCUT2D eigenvalue weighted by Crippen LogP contribution is 2.29. The third-order valence-corrected chi connectivity index (χ3v) is 3.38. The summed E-state index contributed by atoms with van der Waals surface area (Å²) in [7, 11) is 0. The van der Waals surface area contributed by atoms with Crippen LogP contribution in [0.4, 0.5) is 10.1 Å². The zero-order valence-corrected chi connectivity index (χ0v) is 11.8. The third kappa shape index (κ3) is 3.00. The smallest absolute Gasteiger partial charge is 0.189 e. The van der Waals surface area contributed by atoms with Gasteiger partial charge in [0.2, 0.25) is 0 Å². The molecule has 3 rings (SSSR count). The molecule has 0 aliphatic carbocycles. The van der Waals surface area contributed by atoms with Crippen molar-refractivity contribution in [2.45, 2.75) is 13.0 Å². The second kappa shape index (κ2) is 6.41. The molecule has 0 amide bonds. The maximum absolute atomic E-state index is 13.6. The average molecular weight is 299 g/mol. The van der Waals surface area contributed by atoms with Crippen molar-refractivity contribution in [3.8, 4) is 11.8 Å². The number of aromatic nitrogens is 1. The number of nitriles is 1. The Morgan fingerprint density at radius 3 is 3.18 bits per heavy atom. The van der Waals surface area contributed by atoms with E-state index in [1.165, 1.54) is 12.1 Å². The first kappa shape index (κ1) is 14.3. The van der Waals surface area contributed by atoms with E-state index in [0.717, 1.165) is 11.1 Å². The molecule has 0 fully saturated rings. The predicted molar refractivity (Wildman–Crippen MR) is 77.8 cm³/mol. The van der Waals surface area contributed by atoms with Gasteiger partial charge in [-0.15, -0.1) is 0 Å². The summed E-state index contributed by atoms with van der Waals surface area (Å²) in [5.41, 5.74) is 2.52. The zero-order chi connectivity index (χ0) is 15.4. The van der Waals surface area contributed by atoms with Crippen molar-refractivity contribution in [3.63, 3.8) is 0 Å². The molecule has 0 spiro atoms. The molecule has 0 atom stereocenters. The van der Waals surface area contributed by atoms with Gasteiger partial charge in [0.25, 0.3) is 0 Å². The van der Waals surface area contributed by atoms with Gasteiger partial charge in [0.15, 0.2) is 12.5 Å². The molecule has 112 valence electrons. The van der Waals surface area contributed by atoms with Crippen molar-refractivity contribution >= 4 is 5.69 Å². The predicted octanol–water partition coefficient (Wildman–Crippen LogP) is 2.61.